The lowest BCUT2D eigenvalue weighted by atomic mass is 10.2. The van der Waals surface area contributed by atoms with Gasteiger partial charge in [0.2, 0.25) is 17.5 Å². The number of aryl methyl sites for hydroxylation is 1. The Balaban J connectivity index is 0.000000407. The molecule has 3 rings (SSSR count). The number of halogens is 5. The van der Waals surface area contributed by atoms with Crippen molar-refractivity contribution in [2.45, 2.75) is 60.6 Å². The zero-order chi connectivity index (χ0) is 33.0. The fourth-order valence-corrected chi connectivity index (χ4v) is 3.33. The topological polar surface area (TPSA) is 107 Å². The lowest BCUT2D eigenvalue weighted by molar-refractivity contribution is -0.122. The van der Waals surface area contributed by atoms with Gasteiger partial charge in [-0.1, -0.05) is 25.4 Å². The molecule has 1 atom stereocenters. The van der Waals surface area contributed by atoms with Crippen LogP contribution in [0.15, 0.2) is 36.5 Å². The number of esters is 1. The van der Waals surface area contributed by atoms with E-state index in [9.17, 15) is 31.9 Å². The Morgan fingerprint density at radius 1 is 0.884 bits per heavy atom. The first-order valence-corrected chi connectivity index (χ1v) is 13.5. The summed E-state index contributed by atoms with van der Waals surface area (Å²) in [6.45, 7) is 12.0. The molecule has 0 saturated heterocycles. The summed E-state index contributed by atoms with van der Waals surface area (Å²) in [6.07, 6.45) is 1.14. The normalized spacial score (nSPS) is 10.8. The van der Waals surface area contributed by atoms with E-state index in [1.165, 1.54) is 25.2 Å². The second kappa shape index (κ2) is 17.1. The Labute approximate surface area is 252 Å². The summed E-state index contributed by atoms with van der Waals surface area (Å²) >= 11 is 6.06. The number of pyridine rings is 1. The van der Waals surface area contributed by atoms with Crippen molar-refractivity contribution in [3.05, 3.63) is 87.2 Å². The zero-order valence-corrected chi connectivity index (χ0v) is 25.8. The third-order valence-electron chi connectivity index (χ3n) is 5.33. The number of rotatable bonds is 7. The fraction of sp³-hybridized carbons (Fsp3) is 0.333. The molecule has 0 bridgehead atoms. The van der Waals surface area contributed by atoms with Crippen LogP contribution >= 0.6 is 11.6 Å². The highest BCUT2D eigenvalue weighted by molar-refractivity contribution is 6.32. The number of carbonyl (C=O) groups is 3. The zero-order valence-electron chi connectivity index (χ0n) is 25.0. The van der Waals surface area contributed by atoms with Crippen LogP contribution < -0.4 is 20.1 Å². The number of nitrogens with one attached hydrogen (secondary N) is 2. The first-order valence-electron chi connectivity index (χ1n) is 13.1. The number of carbonyl (C=O) groups excluding carboxylic acids is 3. The van der Waals surface area contributed by atoms with Gasteiger partial charge in [0.05, 0.1) is 16.7 Å². The van der Waals surface area contributed by atoms with Crippen LogP contribution in [0.5, 0.6) is 11.5 Å². The van der Waals surface area contributed by atoms with Gasteiger partial charge in [0.25, 0.3) is 5.91 Å². The number of aromatic nitrogens is 1. The molecule has 0 radical (unpaired) electrons. The molecule has 0 spiro atoms. The summed E-state index contributed by atoms with van der Waals surface area (Å²) in [6, 6.07) is 6.97. The van der Waals surface area contributed by atoms with Crippen LogP contribution in [0.4, 0.5) is 17.6 Å². The van der Waals surface area contributed by atoms with Gasteiger partial charge in [0.15, 0.2) is 17.5 Å². The first-order chi connectivity index (χ1) is 20.2. The van der Waals surface area contributed by atoms with E-state index in [2.05, 4.69) is 20.4 Å². The number of amides is 2. The first kappa shape index (κ1) is 36.8. The average Bonchev–Trinajstić information content (AvgIpc) is 2.99. The van der Waals surface area contributed by atoms with Crippen molar-refractivity contribution in [3.63, 3.8) is 0 Å². The van der Waals surface area contributed by atoms with Crippen LogP contribution in [-0.2, 0) is 4.79 Å². The number of likely N-dealkylation sites (N-methyl/N-ethyl adjacent to an activating group) is 1. The molecule has 0 aliphatic carbocycles. The standard InChI is InChI=1S/C14H19ClN2O3.C14H9F4NO2.C2H6/c1-8(2)20-12-6-5-10(7-11(12)15)14(19)17-9(3)13(18)16-4;1-6-3-4-8(5-19-6)14(20)21-13-10(16)7(2)9(15)11(17)12(13)18;1-2/h5-9H,1-4H3,(H,16,18)(H,17,19);3-5H,1-2H3;1-2H3. The Hall–Kier alpha value is -4.19. The third kappa shape index (κ3) is 10.2. The van der Waals surface area contributed by atoms with E-state index >= 15 is 0 Å². The Kier molecular flexibility index (Phi) is 14.6. The van der Waals surface area contributed by atoms with E-state index in [0.29, 0.717) is 22.0 Å². The summed E-state index contributed by atoms with van der Waals surface area (Å²) in [4.78, 5) is 38.9. The van der Waals surface area contributed by atoms with Gasteiger partial charge in [0.1, 0.15) is 11.8 Å². The van der Waals surface area contributed by atoms with E-state index < -0.39 is 46.6 Å². The van der Waals surface area contributed by atoms with E-state index in [1.807, 2.05) is 27.7 Å². The molecule has 2 amide bonds. The smallest absolute Gasteiger partial charge is 0.345 e. The number of hydrogen-bond acceptors (Lipinski definition) is 6. The van der Waals surface area contributed by atoms with Crippen molar-refractivity contribution in [2.24, 2.45) is 0 Å². The highest BCUT2D eigenvalue weighted by atomic mass is 35.5. The highest BCUT2D eigenvalue weighted by Crippen LogP contribution is 2.30. The van der Waals surface area contributed by atoms with Gasteiger partial charge < -0.3 is 20.1 Å². The van der Waals surface area contributed by atoms with Crippen molar-refractivity contribution < 1.29 is 41.4 Å². The molecule has 2 N–H and O–H groups in total. The predicted octanol–water partition coefficient (Wildman–Crippen LogP) is 6.49. The minimum absolute atomic E-state index is 0.000416. The molecule has 3 aromatic rings. The molecule has 234 valence electrons. The summed E-state index contributed by atoms with van der Waals surface area (Å²) in [5, 5.41) is 5.41. The van der Waals surface area contributed by atoms with Crippen LogP contribution in [-0.4, -0.2) is 42.0 Å². The van der Waals surface area contributed by atoms with Gasteiger partial charge in [0, 0.05) is 30.1 Å². The largest absolute Gasteiger partial charge is 0.489 e. The van der Waals surface area contributed by atoms with Gasteiger partial charge in [-0.3, -0.25) is 14.6 Å². The monoisotopic (exact) mass is 627 g/mol. The van der Waals surface area contributed by atoms with E-state index in [-0.39, 0.29) is 23.5 Å². The van der Waals surface area contributed by atoms with Gasteiger partial charge in [-0.2, -0.15) is 4.39 Å². The lowest BCUT2D eigenvalue weighted by Crippen LogP contribution is -2.43. The molecular weight excluding hydrogens is 594 g/mol. The van der Waals surface area contributed by atoms with E-state index in [0.717, 1.165) is 13.1 Å². The number of hydrogen-bond donors (Lipinski definition) is 2. The Morgan fingerprint density at radius 3 is 2.00 bits per heavy atom. The van der Waals surface area contributed by atoms with Crippen molar-refractivity contribution in [1.82, 2.24) is 15.6 Å². The van der Waals surface area contributed by atoms with Crippen molar-refractivity contribution in [2.75, 3.05) is 7.05 Å². The molecule has 13 heteroatoms. The minimum atomic E-state index is -1.90. The molecule has 0 saturated carbocycles. The van der Waals surface area contributed by atoms with Crippen LogP contribution in [0.1, 0.15) is 66.6 Å². The van der Waals surface area contributed by atoms with Crippen molar-refractivity contribution >= 4 is 29.4 Å². The van der Waals surface area contributed by atoms with E-state index in [4.69, 9.17) is 16.3 Å². The molecule has 0 aliphatic rings. The van der Waals surface area contributed by atoms with Crippen LogP contribution in [0.2, 0.25) is 5.02 Å². The maximum atomic E-state index is 13.7. The molecule has 1 heterocycles. The summed E-state index contributed by atoms with van der Waals surface area (Å²) in [5.41, 5.74) is 0.134. The summed E-state index contributed by atoms with van der Waals surface area (Å²) in [7, 11) is 1.51. The number of nitrogens with zero attached hydrogens (tertiary/aromatic N) is 1. The van der Waals surface area contributed by atoms with Crippen molar-refractivity contribution in [1.29, 1.82) is 0 Å². The van der Waals surface area contributed by atoms with Gasteiger partial charge in [-0.15, -0.1) is 0 Å². The lowest BCUT2D eigenvalue weighted by Gasteiger charge is -2.14. The highest BCUT2D eigenvalue weighted by Gasteiger charge is 2.26. The molecule has 0 aliphatic heterocycles. The van der Waals surface area contributed by atoms with Gasteiger partial charge >= 0.3 is 5.97 Å². The maximum absolute atomic E-state index is 13.7. The second-order valence-electron chi connectivity index (χ2n) is 8.91. The summed E-state index contributed by atoms with van der Waals surface area (Å²) < 4.78 is 63.5. The Morgan fingerprint density at radius 2 is 1.49 bits per heavy atom. The molecule has 8 nitrogen and oxygen atoms in total. The molecule has 43 heavy (non-hydrogen) atoms. The molecular formula is C30H34ClF4N3O5. The number of benzene rings is 2. The second-order valence-corrected chi connectivity index (χ2v) is 9.32. The van der Waals surface area contributed by atoms with Crippen LogP contribution in [0, 0.1) is 37.1 Å². The van der Waals surface area contributed by atoms with Crippen LogP contribution in [0.3, 0.4) is 0 Å². The quantitative estimate of drug-likeness (QED) is 0.102. The summed E-state index contributed by atoms with van der Waals surface area (Å²) in [5.74, 6) is -9.45. The fourth-order valence-electron chi connectivity index (χ4n) is 3.11. The van der Waals surface area contributed by atoms with Gasteiger partial charge in [-0.05, 0) is 65.0 Å². The predicted molar refractivity (Wildman–Crippen MR) is 155 cm³/mol. The molecule has 2 aromatic carbocycles. The average molecular weight is 628 g/mol. The SMILES string of the molecule is CC.CNC(=O)C(C)NC(=O)c1ccc(OC(C)C)c(Cl)c1.Cc1ccc(C(=O)Oc2c(F)c(C)c(F)c(F)c2F)cn1. The van der Waals surface area contributed by atoms with E-state index in [1.54, 1.807) is 26.0 Å². The van der Waals surface area contributed by atoms with Gasteiger partial charge in [-0.25, -0.2) is 18.0 Å². The Bertz CT molecular complexity index is 1410. The van der Waals surface area contributed by atoms with Crippen molar-refractivity contribution in [3.8, 4) is 11.5 Å². The third-order valence-corrected chi connectivity index (χ3v) is 5.62. The van der Waals surface area contributed by atoms with Crippen LogP contribution in [0.25, 0.3) is 0 Å². The number of ether oxygens (including phenoxy) is 2. The molecule has 1 unspecified atom stereocenters. The minimum Gasteiger partial charge on any atom is -0.489 e. The molecule has 0 fully saturated rings. The molecule has 1 aromatic heterocycles. The maximum Gasteiger partial charge on any atom is 0.345 e.